The largest absolute Gasteiger partial charge is 0.494 e. The van der Waals surface area contributed by atoms with Gasteiger partial charge in [-0.1, -0.05) is 0 Å². The van der Waals surface area contributed by atoms with Crippen molar-refractivity contribution >= 4 is 13.4 Å². The van der Waals surface area contributed by atoms with Crippen LogP contribution in [0.15, 0.2) is 11.6 Å². The molecule has 0 aliphatic carbocycles. The van der Waals surface area contributed by atoms with E-state index in [9.17, 15) is 9.36 Å². The first-order chi connectivity index (χ1) is 7.84. The zero-order chi connectivity index (χ0) is 13.1. The Hall–Kier alpha value is -0.640. The summed E-state index contributed by atoms with van der Waals surface area (Å²) in [4.78, 5) is 11.9. The Balaban J connectivity index is 3.00. The van der Waals surface area contributed by atoms with E-state index < -0.39 is 13.2 Å². The molecule has 0 spiro atoms. The van der Waals surface area contributed by atoms with Crippen LogP contribution >= 0.6 is 7.60 Å². The van der Waals surface area contributed by atoms with E-state index in [1.165, 1.54) is 6.26 Å². The van der Waals surface area contributed by atoms with Crippen molar-refractivity contribution in [3.8, 4) is 0 Å². The van der Waals surface area contributed by atoms with Crippen LogP contribution in [0.1, 0.15) is 34.1 Å². The molecule has 1 aliphatic heterocycles. The van der Waals surface area contributed by atoms with E-state index in [0.717, 1.165) is 0 Å². The first kappa shape index (κ1) is 14.4. The minimum Gasteiger partial charge on any atom is -0.494 e. The molecule has 0 amide bonds. The third-order valence-electron chi connectivity index (χ3n) is 2.25. The van der Waals surface area contributed by atoms with Gasteiger partial charge in [0, 0.05) is 0 Å². The Labute approximate surface area is 102 Å². The van der Waals surface area contributed by atoms with Gasteiger partial charge in [0.25, 0.3) is 0 Å². The average molecular weight is 262 g/mol. The summed E-state index contributed by atoms with van der Waals surface area (Å²) in [6.07, 6.45) is 1.39. The van der Waals surface area contributed by atoms with Crippen molar-refractivity contribution in [1.82, 2.24) is 0 Å². The molecule has 6 heteroatoms. The lowest BCUT2D eigenvalue weighted by molar-refractivity contribution is -0.121. The molecule has 0 saturated carbocycles. The van der Waals surface area contributed by atoms with Crippen LogP contribution in [0.2, 0.25) is 0 Å². The minimum absolute atomic E-state index is 0.0144. The quantitative estimate of drug-likeness (QED) is 0.713. The van der Waals surface area contributed by atoms with Gasteiger partial charge in [0.2, 0.25) is 0 Å². The third-order valence-corrected chi connectivity index (χ3v) is 4.40. The maximum Gasteiger partial charge on any atom is 0.368 e. The van der Waals surface area contributed by atoms with E-state index in [1.807, 2.05) is 0 Å². The molecule has 0 radical (unpaired) electrons. The Morgan fingerprint density at radius 2 is 1.88 bits per heavy atom. The van der Waals surface area contributed by atoms with E-state index in [0.29, 0.717) is 0 Å². The second kappa shape index (κ2) is 5.34. The predicted molar refractivity (Wildman–Crippen MR) is 63.7 cm³/mol. The first-order valence-electron chi connectivity index (χ1n) is 5.65. The standard InChI is InChI=1S/C11H19O5P/c1-5-15-17(13,16-6-2)10-8-14-11(3,4)7-9(10)12/h8H,5-7H2,1-4H3. The highest BCUT2D eigenvalue weighted by atomic mass is 31.2. The Morgan fingerprint density at radius 3 is 2.29 bits per heavy atom. The fourth-order valence-electron chi connectivity index (χ4n) is 1.53. The van der Waals surface area contributed by atoms with Crippen molar-refractivity contribution in [2.45, 2.75) is 39.7 Å². The summed E-state index contributed by atoms with van der Waals surface area (Å²) in [7, 11) is -3.52. The Morgan fingerprint density at radius 1 is 1.35 bits per heavy atom. The van der Waals surface area contributed by atoms with Crippen LogP contribution in [0.5, 0.6) is 0 Å². The fraction of sp³-hybridized carbons (Fsp3) is 0.727. The predicted octanol–water partition coefficient (Wildman–Crippen LogP) is 2.86. The van der Waals surface area contributed by atoms with E-state index in [4.69, 9.17) is 13.8 Å². The summed E-state index contributed by atoms with van der Waals surface area (Å²) < 4.78 is 28.0. The van der Waals surface area contributed by atoms with Gasteiger partial charge >= 0.3 is 7.60 Å². The molecule has 0 fully saturated rings. The van der Waals surface area contributed by atoms with Gasteiger partial charge in [-0.2, -0.15) is 0 Å². The van der Waals surface area contributed by atoms with Gasteiger partial charge in [0.1, 0.15) is 17.2 Å². The molecule has 0 aromatic heterocycles. The number of ketones is 1. The number of Topliss-reactive ketones (excluding diaryl/α,β-unsaturated/α-hetero) is 1. The van der Waals surface area contributed by atoms with E-state index in [2.05, 4.69) is 0 Å². The minimum atomic E-state index is -3.52. The van der Waals surface area contributed by atoms with Crippen molar-refractivity contribution in [3.05, 3.63) is 11.6 Å². The number of carbonyl (C=O) groups is 1. The molecular weight excluding hydrogens is 243 g/mol. The lowest BCUT2D eigenvalue weighted by Crippen LogP contribution is -2.31. The molecule has 98 valence electrons. The van der Waals surface area contributed by atoms with Crippen LogP contribution in [0.3, 0.4) is 0 Å². The molecular formula is C11H19O5P. The molecule has 0 N–H and O–H groups in total. The number of carbonyl (C=O) groups excluding carboxylic acids is 1. The van der Waals surface area contributed by atoms with Crippen LogP contribution in [0.4, 0.5) is 0 Å². The monoisotopic (exact) mass is 262 g/mol. The van der Waals surface area contributed by atoms with Gasteiger partial charge in [0.15, 0.2) is 5.78 Å². The molecule has 0 unspecified atom stereocenters. The zero-order valence-corrected chi connectivity index (χ0v) is 11.6. The van der Waals surface area contributed by atoms with Crippen molar-refractivity contribution in [3.63, 3.8) is 0 Å². The number of rotatable bonds is 5. The molecule has 0 aromatic carbocycles. The normalized spacial score (nSPS) is 19.8. The highest BCUT2D eigenvalue weighted by Gasteiger charge is 2.41. The molecule has 1 heterocycles. The molecule has 0 bridgehead atoms. The van der Waals surface area contributed by atoms with Crippen molar-refractivity contribution in [2.75, 3.05) is 13.2 Å². The van der Waals surface area contributed by atoms with Crippen LogP contribution < -0.4 is 0 Å². The highest BCUT2D eigenvalue weighted by Crippen LogP contribution is 2.57. The van der Waals surface area contributed by atoms with Gasteiger partial charge in [-0.05, 0) is 27.7 Å². The summed E-state index contributed by atoms with van der Waals surface area (Å²) in [5, 5.41) is 0.0144. The molecule has 0 saturated heterocycles. The maximum absolute atomic E-state index is 12.4. The fourth-order valence-corrected chi connectivity index (χ4v) is 3.13. The van der Waals surface area contributed by atoms with Crippen molar-refractivity contribution in [2.24, 2.45) is 0 Å². The van der Waals surface area contributed by atoms with Gasteiger partial charge in [-0.3, -0.25) is 9.36 Å². The maximum atomic E-state index is 12.4. The molecule has 1 aliphatic rings. The van der Waals surface area contributed by atoms with E-state index >= 15 is 0 Å². The van der Waals surface area contributed by atoms with Crippen molar-refractivity contribution in [1.29, 1.82) is 0 Å². The van der Waals surface area contributed by atoms with Crippen LogP contribution in [0.25, 0.3) is 0 Å². The van der Waals surface area contributed by atoms with E-state index in [-0.39, 0.29) is 30.7 Å². The summed E-state index contributed by atoms with van der Waals surface area (Å²) >= 11 is 0. The number of ether oxygens (including phenoxy) is 1. The molecule has 0 atom stereocenters. The zero-order valence-electron chi connectivity index (χ0n) is 10.7. The van der Waals surface area contributed by atoms with E-state index in [1.54, 1.807) is 27.7 Å². The van der Waals surface area contributed by atoms with Gasteiger partial charge < -0.3 is 13.8 Å². The SMILES string of the molecule is CCOP(=O)(OCC)C1=COC(C)(C)CC1=O. The van der Waals surface area contributed by atoms with Crippen molar-refractivity contribution < 1.29 is 23.1 Å². The summed E-state index contributed by atoms with van der Waals surface area (Å²) in [6.45, 7) is 7.42. The second-order valence-electron chi connectivity index (χ2n) is 4.31. The second-order valence-corrected chi connectivity index (χ2v) is 6.31. The number of allylic oxidation sites excluding steroid dienone is 1. The average Bonchev–Trinajstić information content (AvgIpc) is 2.16. The van der Waals surface area contributed by atoms with Gasteiger partial charge in [0.05, 0.1) is 19.6 Å². The molecule has 1 rings (SSSR count). The van der Waals surface area contributed by atoms with Crippen LogP contribution in [-0.4, -0.2) is 24.6 Å². The summed E-state index contributed by atoms with van der Waals surface area (Å²) in [5.74, 6) is -0.244. The summed E-state index contributed by atoms with van der Waals surface area (Å²) in [6, 6.07) is 0. The smallest absolute Gasteiger partial charge is 0.368 e. The van der Waals surface area contributed by atoms with Gasteiger partial charge in [-0.15, -0.1) is 0 Å². The summed E-state index contributed by atoms with van der Waals surface area (Å²) in [5.41, 5.74) is -0.566. The molecule has 17 heavy (non-hydrogen) atoms. The number of hydrogen-bond acceptors (Lipinski definition) is 5. The van der Waals surface area contributed by atoms with Gasteiger partial charge in [-0.25, -0.2) is 0 Å². The molecule has 0 aromatic rings. The lowest BCUT2D eigenvalue weighted by atomic mass is 10.00. The van der Waals surface area contributed by atoms with Crippen LogP contribution in [-0.2, 0) is 23.1 Å². The molecule has 5 nitrogen and oxygen atoms in total. The highest BCUT2D eigenvalue weighted by molar-refractivity contribution is 7.60. The Bertz CT molecular complexity index is 362. The third kappa shape index (κ3) is 3.41. The Kier molecular flexibility index (Phi) is 4.53. The van der Waals surface area contributed by atoms with Crippen LogP contribution in [0, 0.1) is 0 Å². The first-order valence-corrected chi connectivity index (χ1v) is 7.20. The lowest BCUT2D eigenvalue weighted by Gasteiger charge is -2.30. The number of hydrogen-bond donors (Lipinski definition) is 0. The topological polar surface area (TPSA) is 61.8 Å².